The average Bonchev–Trinajstić information content (AvgIpc) is 2.94. The zero-order chi connectivity index (χ0) is 15.7. The summed E-state index contributed by atoms with van der Waals surface area (Å²) >= 11 is 3.28. The maximum absolute atomic E-state index is 12.4. The molecule has 0 spiro atoms. The molecule has 1 aromatic carbocycles. The predicted molar refractivity (Wildman–Crippen MR) is 89.1 cm³/mol. The predicted octanol–water partition coefficient (Wildman–Crippen LogP) is 2.62. The van der Waals surface area contributed by atoms with Crippen molar-refractivity contribution in [1.29, 1.82) is 0 Å². The van der Waals surface area contributed by atoms with Crippen LogP contribution in [-0.4, -0.2) is 26.3 Å². The molecule has 0 fully saturated rings. The molecule has 2 aromatic heterocycles. The van der Waals surface area contributed by atoms with E-state index in [9.17, 15) is 4.21 Å². The molecule has 2 heterocycles. The van der Waals surface area contributed by atoms with Gasteiger partial charge in [0.05, 0.1) is 44.9 Å². The first-order valence-electron chi connectivity index (χ1n) is 6.39. The highest BCUT2D eigenvalue weighted by Gasteiger charge is 2.12. The van der Waals surface area contributed by atoms with Gasteiger partial charge in [-0.1, -0.05) is 0 Å². The van der Waals surface area contributed by atoms with Crippen molar-refractivity contribution >= 4 is 43.5 Å². The Bertz CT molecular complexity index is 865. The van der Waals surface area contributed by atoms with Crippen molar-refractivity contribution in [3.63, 3.8) is 0 Å². The van der Waals surface area contributed by atoms with Crippen molar-refractivity contribution < 1.29 is 8.95 Å². The second kappa shape index (κ2) is 6.05. The molecular weight excluding hydrogens is 368 g/mol. The van der Waals surface area contributed by atoms with E-state index in [1.165, 1.54) is 0 Å². The van der Waals surface area contributed by atoms with Gasteiger partial charge in [0, 0.05) is 18.0 Å². The number of ether oxygens (including phenoxy) is 1. The maximum atomic E-state index is 12.4. The lowest BCUT2D eigenvalue weighted by atomic mass is 10.3. The maximum Gasteiger partial charge on any atom is 0.197 e. The van der Waals surface area contributed by atoms with Gasteiger partial charge in [0.1, 0.15) is 5.75 Å². The van der Waals surface area contributed by atoms with Crippen LogP contribution in [0, 0.1) is 0 Å². The number of hydrogen-bond donors (Lipinski definition) is 2. The van der Waals surface area contributed by atoms with E-state index >= 15 is 0 Å². The van der Waals surface area contributed by atoms with Gasteiger partial charge in [0.2, 0.25) is 0 Å². The fourth-order valence-corrected chi connectivity index (χ4v) is 3.19. The summed E-state index contributed by atoms with van der Waals surface area (Å²) in [4.78, 5) is 11.6. The molecule has 0 bridgehead atoms. The molecule has 3 rings (SSSR count). The van der Waals surface area contributed by atoms with Gasteiger partial charge in [-0.05, 0) is 34.1 Å². The van der Waals surface area contributed by atoms with Gasteiger partial charge in [-0.2, -0.15) is 0 Å². The third-order valence-electron chi connectivity index (χ3n) is 3.10. The minimum Gasteiger partial charge on any atom is -0.497 e. The molecule has 114 valence electrons. The number of hydrogen-bond acceptors (Lipinski definition) is 5. The zero-order valence-electron chi connectivity index (χ0n) is 11.7. The van der Waals surface area contributed by atoms with E-state index < -0.39 is 10.8 Å². The van der Waals surface area contributed by atoms with Crippen molar-refractivity contribution in [3.8, 4) is 5.75 Å². The number of H-pyrrole nitrogens is 1. The van der Waals surface area contributed by atoms with Gasteiger partial charge < -0.3 is 15.5 Å². The summed E-state index contributed by atoms with van der Waals surface area (Å²) in [7, 11) is 0.266. The Morgan fingerprint density at radius 1 is 1.41 bits per heavy atom. The molecule has 0 amide bonds. The van der Waals surface area contributed by atoms with E-state index in [1.54, 1.807) is 19.4 Å². The number of fused-ring (bicyclic) bond motifs is 1. The molecule has 8 heteroatoms. The van der Waals surface area contributed by atoms with Gasteiger partial charge in [0.15, 0.2) is 5.16 Å². The molecule has 0 saturated carbocycles. The number of aromatic amines is 1. The van der Waals surface area contributed by atoms with E-state index in [0.717, 1.165) is 21.3 Å². The quantitative estimate of drug-likeness (QED) is 0.725. The summed E-state index contributed by atoms with van der Waals surface area (Å²) in [5.74, 6) is 0.963. The molecular formula is C14H13BrN4O2S. The van der Waals surface area contributed by atoms with Crippen LogP contribution in [0.5, 0.6) is 5.75 Å². The van der Waals surface area contributed by atoms with Crippen molar-refractivity contribution in [2.24, 2.45) is 0 Å². The Kier molecular flexibility index (Phi) is 4.12. The van der Waals surface area contributed by atoms with Crippen LogP contribution in [0.1, 0.15) is 5.69 Å². The highest BCUT2D eigenvalue weighted by molar-refractivity contribution is 9.10. The number of pyridine rings is 1. The molecule has 6 nitrogen and oxygen atoms in total. The minimum absolute atomic E-state index is 0.244. The lowest BCUT2D eigenvalue weighted by molar-refractivity contribution is 0.415. The molecule has 22 heavy (non-hydrogen) atoms. The Labute approximate surface area is 137 Å². The molecule has 0 aliphatic carbocycles. The number of halogens is 1. The monoisotopic (exact) mass is 380 g/mol. The van der Waals surface area contributed by atoms with Gasteiger partial charge in [-0.25, -0.2) is 4.98 Å². The third-order valence-corrected chi connectivity index (χ3v) is 4.95. The highest BCUT2D eigenvalue weighted by atomic mass is 79.9. The summed E-state index contributed by atoms with van der Waals surface area (Å²) in [6, 6.07) is 7.15. The van der Waals surface area contributed by atoms with Crippen molar-refractivity contribution in [1.82, 2.24) is 15.0 Å². The molecule has 0 aliphatic heterocycles. The van der Waals surface area contributed by atoms with Gasteiger partial charge in [-0.3, -0.25) is 9.19 Å². The van der Waals surface area contributed by atoms with E-state index in [2.05, 4.69) is 30.9 Å². The molecule has 0 saturated heterocycles. The summed E-state index contributed by atoms with van der Waals surface area (Å²) in [6.45, 7) is 0. The summed E-state index contributed by atoms with van der Waals surface area (Å²) in [5.41, 5.74) is 8.55. The summed E-state index contributed by atoms with van der Waals surface area (Å²) in [5, 5.41) is 0.409. The second-order valence-electron chi connectivity index (χ2n) is 4.61. The van der Waals surface area contributed by atoms with Gasteiger partial charge in [-0.15, -0.1) is 0 Å². The van der Waals surface area contributed by atoms with Crippen LogP contribution in [-0.2, 0) is 16.6 Å². The Balaban J connectivity index is 1.86. The zero-order valence-corrected chi connectivity index (χ0v) is 14.1. The molecule has 1 unspecified atom stereocenters. The van der Waals surface area contributed by atoms with Crippen LogP contribution in [0.15, 0.2) is 40.1 Å². The van der Waals surface area contributed by atoms with Crippen LogP contribution >= 0.6 is 15.9 Å². The van der Waals surface area contributed by atoms with Crippen LogP contribution in [0.4, 0.5) is 5.69 Å². The van der Waals surface area contributed by atoms with E-state index in [0.29, 0.717) is 16.5 Å². The summed E-state index contributed by atoms with van der Waals surface area (Å²) in [6.07, 6.45) is 1.60. The minimum atomic E-state index is -1.33. The standard InChI is InChI=1S/C14H13BrN4O2S/c1-21-9-2-3-12-13(5-9)19-14(18-12)22(20)7-8-4-11(16)10(15)6-17-8/h2-6H,7H2,1H3,(H2,16,17)(H,18,19). The van der Waals surface area contributed by atoms with Gasteiger partial charge in [0.25, 0.3) is 0 Å². The van der Waals surface area contributed by atoms with E-state index in [-0.39, 0.29) is 5.75 Å². The number of imidazole rings is 1. The number of aromatic nitrogens is 3. The van der Waals surface area contributed by atoms with Crippen LogP contribution in [0.25, 0.3) is 11.0 Å². The van der Waals surface area contributed by atoms with Crippen LogP contribution in [0.3, 0.4) is 0 Å². The molecule has 3 aromatic rings. The SMILES string of the molecule is COc1ccc2nc(S(=O)Cc3cc(N)c(Br)cn3)[nH]c2c1. The first-order valence-corrected chi connectivity index (χ1v) is 8.50. The first-order chi connectivity index (χ1) is 10.6. The normalized spacial score (nSPS) is 12.5. The van der Waals surface area contributed by atoms with E-state index in [4.69, 9.17) is 10.5 Å². The molecule has 3 N–H and O–H groups in total. The Hall–Kier alpha value is -1.93. The van der Waals surface area contributed by atoms with Crippen LogP contribution < -0.4 is 10.5 Å². The number of nitrogen functional groups attached to an aromatic ring is 1. The lowest BCUT2D eigenvalue weighted by Gasteiger charge is -2.02. The number of nitrogens with one attached hydrogen (secondary N) is 1. The molecule has 0 aliphatic rings. The number of nitrogens with zero attached hydrogens (tertiary/aromatic N) is 2. The lowest BCUT2D eigenvalue weighted by Crippen LogP contribution is -2.01. The number of anilines is 1. The number of rotatable bonds is 4. The van der Waals surface area contributed by atoms with Crippen molar-refractivity contribution in [2.75, 3.05) is 12.8 Å². The van der Waals surface area contributed by atoms with Crippen molar-refractivity contribution in [3.05, 3.63) is 40.6 Å². The highest BCUT2D eigenvalue weighted by Crippen LogP contribution is 2.22. The van der Waals surface area contributed by atoms with Crippen molar-refractivity contribution in [2.45, 2.75) is 10.9 Å². The number of methoxy groups -OCH3 is 1. The second-order valence-corrected chi connectivity index (χ2v) is 6.83. The molecule has 0 radical (unpaired) electrons. The average molecular weight is 381 g/mol. The largest absolute Gasteiger partial charge is 0.497 e. The Morgan fingerprint density at radius 2 is 2.23 bits per heavy atom. The fourth-order valence-electron chi connectivity index (χ4n) is 1.98. The Morgan fingerprint density at radius 3 is 2.95 bits per heavy atom. The topological polar surface area (TPSA) is 93.9 Å². The fraction of sp³-hybridized carbons (Fsp3) is 0.143. The summed E-state index contributed by atoms with van der Waals surface area (Å²) < 4.78 is 18.3. The smallest absolute Gasteiger partial charge is 0.197 e. The number of nitrogens with two attached hydrogens (primary N) is 1. The first kappa shape index (κ1) is 15.0. The van der Waals surface area contributed by atoms with Gasteiger partial charge >= 0.3 is 0 Å². The molecule has 1 atom stereocenters. The van der Waals surface area contributed by atoms with Crippen LogP contribution in [0.2, 0.25) is 0 Å². The number of benzene rings is 1. The third kappa shape index (κ3) is 2.97. The van der Waals surface area contributed by atoms with E-state index in [1.807, 2.05) is 18.2 Å².